The third-order valence-corrected chi connectivity index (χ3v) is 7.64. The molecule has 1 amide bonds. The Morgan fingerprint density at radius 1 is 1.06 bits per heavy atom. The molecule has 0 bridgehead atoms. The van der Waals surface area contributed by atoms with Gasteiger partial charge in [-0.1, -0.05) is 57.3 Å². The van der Waals surface area contributed by atoms with Crippen LogP contribution in [0.4, 0.5) is 5.69 Å². The Kier molecular flexibility index (Phi) is 7.49. The predicted octanol–water partition coefficient (Wildman–Crippen LogP) is 7.84. The van der Waals surface area contributed by atoms with Crippen LogP contribution in [-0.4, -0.2) is 11.1 Å². The smallest absolute Gasteiger partial charge is 0.264 e. The van der Waals surface area contributed by atoms with Crippen LogP contribution in [-0.2, 0) is 11.4 Å². The number of benzene rings is 3. The molecule has 1 aliphatic heterocycles. The van der Waals surface area contributed by atoms with E-state index in [2.05, 4.69) is 26.2 Å². The molecule has 1 fully saturated rings. The lowest BCUT2D eigenvalue weighted by Gasteiger charge is -2.08. The molecule has 4 rings (SSSR count). The van der Waals surface area contributed by atoms with Crippen molar-refractivity contribution in [3.05, 3.63) is 96.3 Å². The minimum Gasteiger partial charge on any atom is -0.489 e. The standard InChI is InChI=1S/C25H19BrCl2N2O2S/c1-14-9-19(10-15(2)23(14)26)29-25-30-24(31)22(33-25)11-16-3-7-20(8-4-16)32-13-17-5-6-18(27)12-21(17)28/h3-12H,13H2,1-2H3,(H,29,30,31)/b22-11-. The highest BCUT2D eigenvalue weighted by atomic mass is 79.9. The zero-order chi connectivity index (χ0) is 23.5. The maximum atomic E-state index is 12.4. The Morgan fingerprint density at radius 2 is 1.76 bits per heavy atom. The summed E-state index contributed by atoms with van der Waals surface area (Å²) in [4.78, 5) is 17.6. The summed E-state index contributed by atoms with van der Waals surface area (Å²) in [5.41, 5.74) is 4.75. The van der Waals surface area contributed by atoms with Crippen LogP contribution >= 0.6 is 50.9 Å². The molecule has 0 saturated carbocycles. The monoisotopic (exact) mass is 560 g/mol. The van der Waals surface area contributed by atoms with Crippen LogP contribution in [0.2, 0.25) is 10.0 Å². The second-order valence-corrected chi connectivity index (χ2v) is 10.1. The largest absolute Gasteiger partial charge is 0.489 e. The first-order valence-electron chi connectivity index (χ1n) is 10.0. The number of nitrogens with zero attached hydrogens (tertiary/aromatic N) is 1. The molecule has 3 aromatic rings. The van der Waals surface area contributed by atoms with Crippen LogP contribution in [0.25, 0.3) is 6.08 Å². The number of carbonyl (C=O) groups excluding carboxylic acids is 1. The average molecular weight is 562 g/mol. The van der Waals surface area contributed by atoms with E-state index in [4.69, 9.17) is 27.9 Å². The van der Waals surface area contributed by atoms with E-state index in [0.29, 0.717) is 32.5 Å². The van der Waals surface area contributed by atoms with Gasteiger partial charge in [-0.25, -0.2) is 4.99 Å². The summed E-state index contributed by atoms with van der Waals surface area (Å²) in [6.45, 7) is 4.37. The zero-order valence-electron chi connectivity index (χ0n) is 17.8. The van der Waals surface area contributed by atoms with Crippen LogP contribution in [0.3, 0.4) is 0 Å². The highest BCUT2D eigenvalue weighted by Gasteiger charge is 2.24. The average Bonchev–Trinajstić information content (AvgIpc) is 3.11. The minimum atomic E-state index is -0.165. The molecule has 33 heavy (non-hydrogen) atoms. The van der Waals surface area contributed by atoms with Crippen molar-refractivity contribution in [2.24, 2.45) is 4.99 Å². The number of hydrogen-bond acceptors (Lipinski definition) is 4. The van der Waals surface area contributed by atoms with Gasteiger partial charge < -0.3 is 10.1 Å². The van der Waals surface area contributed by atoms with Crippen molar-refractivity contribution in [3.63, 3.8) is 0 Å². The molecule has 1 N–H and O–H groups in total. The molecule has 0 atom stereocenters. The third kappa shape index (κ3) is 6.01. The van der Waals surface area contributed by atoms with Gasteiger partial charge in [-0.15, -0.1) is 0 Å². The van der Waals surface area contributed by atoms with Gasteiger partial charge in [0, 0.05) is 20.1 Å². The quantitative estimate of drug-likeness (QED) is 0.323. The van der Waals surface area contributed by atoms with Gasteiger partial charge in [0.05, 0.1) is 10.6 Å². The van der Waals surface area contributed by atoms with Gasteiger partial charge in [0.1, 0.15) is 12.4 Å². The van der Waals surface area contributed by atoms with E-state index in [9.17, 15) is 4.79 Å². The summed E-state index contributed by atoms with van der Waals surface area (Å²) in [5.74, 6) is 0.539. The van der Waals surface area contributed by atoms with Crippen molar-refractivity contribution < 1.29 is 9.53 Å². The number of thioether (sulfide) groups is 1. The van der Waals surface area contributed by atoms with Crippen LogP contribution in [0.5, 0.6) is 5.75 Å². The molecule has 0 aromatic heterocycles. The third-order valence-electron chi connectivity index (χ3n) is 4.89. The van der Waals surface area contributed by atoms with Crippen LogP contribution < -0.4 is 10.1 Å². The molecule has 0 unspecified atom stereocenters. The van der Waals surface area contributed by atoms with Gasteiger partial charge >= 0.3 is 0 Å². The number of ether oxygens (including phenoxy) is 1. The summed E-state index contributed by atoms with van der Waals surface area (Å²) < 4.78 is 6.88. The van der Waals surface area contributed by atoms with Gasteiger partial charge in [-0.3, -0.25) is 4.79 Å². The summed E-state index contributed by atoms with van der Waals surface area (Å²) >= 11 is 17.0. The first-order valence-corrected chi connectivity index (χ1v) is 12.4. The second kappa shape index (κ2) is 10.3. The lowest BCUT2D eigenvalue weighted by Crippen LogP contribution is -2.19. The molecule has 0 spiro atoms. The van der Waals surface area contributed by atoms with E-state index < -0.39 is 0 Å². The van der Waals surface area contributed by atoms with Gasteiger partial charge in [-0.05, 0) is 84.8 Å². The maximum Gasteiger partial charge on any atom is 0.264 e. The Bertz CT molecular complexity index is 1270. The minimum absolute atomic E-state index is 0.165. The maximum absolute atomic E-state index is 12.4. The van der Waals surface area contributed by atoms with E-state index in [1.165, 1.54) is 11.8 Å². The van der Waals surface area contributed by atoms with Crippen molar-refractivity contribution in [1.29, 1.82) is 0 Å². The second-order valence-electron chi connectivity index (χ2n) is 7.47. The number of rotatable bonds is 5. The predicted molar refractivity (Wildman–Crippen MR) is 142 cm³/mol. The normalized spacial score (nSPS) is 15.8. The summed E-state index contributed by atoms with van der Waals surface area (Å²) in [7, 11) is 0. The number of halogens is 3. The topological polar surface area (TPSA) is 50.7 Å². The Labute approximate surface area is 215 Å². The Balaban J connectivity index is 1.43. The van der Waals surface area contributed by atoms with Gasteiger partial charge in [0.15, 0.2) is 5.17 Å². The zero-order valence-corrected chi connectivity index (χ0v) is 21.7. The van der Waals surface area contributed by atoms with Crippen molar-refractivity contribution in [2.75, 3.05) is 0 Å². The van der Waals surface area contributed by atoms with E-state index in [0.717, 1.165) is 32.4 Å². The number of hydrogen-bond donors (Lipinski definition) is 1. The van der Waals surface area contributed by atoms with E-state index in [-0.39, 0.29) is 5.91 Å². The van der Waals surface area contributed by atoms with Crippen LogP contribution in [0.15, 0.2) is 69.0 Å². The Hall–Kier alpha value is -2.25. The first kappa shape index (κ1) is 23.9. The number of aryl methyl sites for hydroxylation is 2. The van der Waals surface area contributed by atoms with Crippen molar-refractivity contribution >= 4 is 73.7 Å². The molecule has 3 aromatic carbocycles. The molecular formula is C25H19BrCl2N2O2S. The molecular weight excluding hydrogens is 543 g/mol. The number of carbonyl (C=O) groups is 1. The number of amidine groups is 1. The van der Waals surface area contributed by atoms with Crippen molar-refractivity contribution in [2.45, 2.75) is 20.5 Å². The van der Waals surface area contributed by atoms with E-state index in [1.807, 2.05) is 62.4 Å². The van der Waals surface area contributed by atoms with Crippen LogP contribution in [0, 0.1) is 13.8 Å². The fourth-order valence-corrected chi connectivity index (χ4v) is 4.73. The molecule has 1 aliphatic rings. The van der Waals surface area contributed by atoms with E-state index >= 15 is 0 Å². The summed E-state index contributed by atoms with van der Waals surface area (Å²) in [6, 6.07) is 16.8. The van der Waals surface area contributed by atoms with Gasteiger partial charge in [0.2, 0.25) is 0 Å². The summed E-state index contributed by atoms with van der Waals surface area (Å²) in [6.07, 6.45) is 1.83. The molecule has 8 heteroatoms. The molecule has 168 valence electrons. The van der Waals surface area contributed by atoms with Crippen LogP contribution in [0.1, 0.15) is 22.3 Å². The number of nitrogens with one attached hydrogen (secondary N) is 1. The highest BCUT2D eigenvalue weighted by Crippen LogP contribution is 2.31. The molecule has 1 heterocycles. The van der Waals surface area contributed by atoms with Gasteiger partial charge in [0.25, 0.3) is 5.91 Å². The number of aliphatic imine (C=N–C) groups is 1. The van der Waals surface area contributed by atoms with Gasteiger partial charge in [-0.2, -0.15) is 0 Å². The molecule has 0 aliphatic carbocycles. The number of amides is 1. The van der Waals surface area contributed by atoms with Crippen molar-refractivity contribution in [3.8, 4) is 5.75 Å². The fourth-order valence-electron chi connectivity index (χ4n) is 3.20. The van der Waals surface area contributed by atoms with E-state index in [1.54, 1.807) is 12.1 Å². The highest BCUT2D eigenvalue weighted by molar-refractivity contribution is 9.10. The SMILES string of the molecule is Cc1cc(N=C2NC(=O)/C(=C/c3ccc(OCc4ccc(Cl)cc4Cl)cc3)S2)cc(C)c1Br. The molecule has 0 radical (unpaired) electrons. The lowest BCUT2D eigenvalue weighted by atomic mass is 10.1. The fraction of sp³-hybridized carbons (Fsp3) is 0.120. The van der Waals surface area contributed by atoms with Crippen molar-refractivity contribution in [1.82, 2.24) is 5.32 Å². The molecule has 1 saturated heterocycles. The lowest BCUT2D eigenvalue weighted by molar-refractivity contribution is -0.115. The summed E-state index contributed by atoms with van der Waals surface area (Å²) in [5, 5.41) is 4.55. The Morgan fingerprint density at radius 3 is 2.42 bits per heavy atom. The first-order chi connectivity index (χ1) is 15.8. The molecule has 4 nitrogen and oxygen atoms in total.